The molecule has 37 heavy (non-hydrogen) atoms. The van der Waals surface area contributed by atoms with Crippen molar-refractivity contribution >= 4 is 28.5 Å². The van der Waals surface area contributed by atoms with Gasteiger partial charge in [-0.1, -0.05) is 18.2 Å². The molecule has 0 aliphatic carbocycles. The van der Waals surface area contributed by atoms with E-state index in [0.717, 1.165) is 11.1 Å². The highest BCUT2D eigenvalue weighted by atomic mass is 16.6. The number of carbonyl (C=O) groups excluding carboxylic acids is 1. The Labute approximate surface area is 218 Å². The zero-order chi connectivity index (χ0) is 27.0. The number of hydrogen-bond donors (Lipinski definition) is 1. The number of fused-ring (bicyclic) bond motifs is 1. The van der Waals surface area contributed by atoms with E-state index < -0.39 is 11.6 Å². The van der Waals surface area contributed by atoms with E-state index in [0.29, 0.717) is 54.0 Å². The van der Waals surface area contributed by atoms with Gasteiger partial charge in [0, 0.05) is 30.4 Å². The Morgan fingerprint density at radius 1 is 1.19 bits per heavy atom. The van der Waals surface area contributed by atoms with Gasteiger partial charge in [0.25, 0.3) is 0 Å². The number of rotatable bonds is 5. The van der Waals surface area contributed by atoms with Crippen LogP contribution in [0.3, 0.4) is 0 Å². The smallest absolute Gasteiger partial charge is 0.340 e. The van der Waals surface area contributed by atoms with E-state index in [-0.39, 0.29) is 16.9 Å². The quantitative estimate of drug-likeness (QED) is 0.406. The van der Waals surface area contributed by atoms with Crippen LogP contribution in [0.2, 0.25) is 0 Å². The first-order valence-electron chi connectivity index (χ1n) is 12.7. The van der Waals surface area contributed by atoms with E-state index >= 15 is 0 Å². The van der Waals surface area contributed by atoms with Crippen molar-refractivity contribution in [1.82, 2.24) is 0 Å². The van der Waals surface area contributed by atoms with Crippen LogP contribution in [0.4, 0.5) is 11.6 Å². The minimum Gasteiger partial charge on any atom is -0.456 e. The molecular weight excluding hydrogens is 466 g/mol. The Balaban J connectivity index is 1.70. The number of carbonyl (C=O) groups is 1. The van der Waals surface area contributed by atoms with Crippen molar-refractivity contribution in [1.29, 1.82) is 5.26 Å². The number of para-hydroxylation sites is 1. The van der Waals surface area contributed by atoms with E-state index in [9.17, 15) is 14.9 Å². The Hall–Kier alpha value is -3.79. The molecule has 1 aliphatic rings. The molecule has 1 saturated heterocycles. The molecule has 0 spiro atoms. The van der Waals surface area contributed by atoms with E-state index in [2.05, 4.69) is 11.4 Å². The van der Waals surface area contributed by atoms with Crippen molar-refractivity contribution in [3.8, 4) is 6.07 Å². The molecule has 0 radical (unpaired) electrons. The van der Waals surface area contributed by atoms with Crippen LogP contribution >= 0.6 is 0 Å². The molecule has 1 N–H and O–H groups in total. The maximum Gasteiger partial charge on any atom is 0.340 e. The predicted octanol–water partition coefficient (Wildman–Crippen LogP) is 6.36. The van der Waals surface area contributed by atoms with Crippen molar-refractivity contribution < 1.29 is 13.9 Å². The Bertz CT molecular complexity index is 1420. The monoisotopic (exact) mass is 501 g/mol. The number of aryl methyl sites for hydroxylation is 1. The summed E-state index contributed by atoms with van der Waals surface area (Å²) in [6.45, 7) is 12.7. The van der Waals surface area contributed by atoms with Crippen molar-refractivity contribution in [2.24, 2.45) is 5.41 Å². The Morgan fingerprint density at radius 2 is 1.86 bits per heavy atom. The first kappa shape index (κ1) is 26.3. The Kier molecular flexibility index (Phi) is 7.05. The zero-order valence-electron chi connectivity index (χ0n) is 22.5. The fourth-order valence-corrected chi connectivity index (χ4v) is 4.66. The van der Waals surface area contributed by atoms with Crippen LogP contribution in [0.25, 0.3) is 11.0 Å². The fraction of sp³-hybridized carbons (Fsp3) is 0.433. The van der Waals surface area contributed by atoms with Crippen molar-refractivity contribution in [3.05, 3.63) is 69.4 Å². The zero-order valence-corrected chi connectivity index (χ0v) is 22.5. The number of nitrogens with zero attached hydrogens (tertiary/aromatic N) is 2. The topological polar surface area (TPSA) is 95.6 Å². The van der Waals surface area contributed by atoms with Crippen LogP contribution in [-0.4, -0.2) is 24.7 Å². The maximum atomic E-state index is 13.2. The lowest BCUT2D eigenvalue weighted by molar-refractivity contribution is 0.00706. The third-order valence-corrected chi connectivity index (χ3v) is 6.82. The lowest BCUT2D eigenvalue weighted by atomic mass is 9.82. The van der Waals surface area contributed by atoms with Gasteiger partial charge >= 0.3 is 5.97 Å². The normalized spacial score (nSPS) is 16.2. The summed E-state index contributed by atoms with van der Waals surface area (Å²) in [6.07, 6.45) is 1.43. The Morgan fingerprint density at radius 3 is 2.51 bits per heavy atom. The van der Waals surface area contributed by atoms with Gasteiger partial charge in [-0.25, -0.2) is 4.79 Å². The van der Waals surface area contributed by atoms with Gasteiger partial charge in [0.15, 0.2) is 11.3 Å². The summed E-state index contributed by atoms with van der Waals surface area (Å²) in [7, 11) is 0. The van der Waals surface area contributed by atoms with Gasteiger partial charge in [0.1, 0.15) is 11.2 Å². The molecule has 7 nitrogen and oxygen atoms in total. The van der Waals surface area contributed by atoms with Crippen molar-refractivity contribution in [3.63, 3.8) is 0 Å². The number of benzene rings is 2. The van der Waals surface area contributed by atoms with Crippen LogP contribution in [0, 0.1) is 23.7 Å². The molecule has 194 valence electrons. The van der Waals surface area contributed by atoms with E-state index in [1.165, 1.54) is 0 Å². The molecule has 0 bridgehead atoms. The fourth-order valence-electron chi connectivity index (χ4n) is 4.66. The van der Waals surface area contributed by atoms with Gasteiger partial charge in [0.2, 0.25) is 0 Å². The SMILES string of the molecule is Cc1cc([C@@H](C)Nc2ccccc2C(=O)OC(C)(C)C)c2oc(N3CCC(C)(C#N)CC3)cc(=O)c2c1. The maximum absolute atomic E-state index is 13.2. The number of hydrogen-bond acceptors (Lipinski definition) is 7. The van der Waals surface area contributed by atoms with Crippen LogP contribution in [-0.2, 0) is 4.74 Å². The predicted molar refractivity (Wildman–Crippen MR) is 146 cm³/mol. The van der Waals surface area contributed by atoms with Gasteiger partial charge in [-0.15, -0.1) is 0 Å². The number of nitrogens with one attached hydrogen (secondary N) is 1. The van der Waals surface area contributed by atoms with Gasteiger partial charge in [-0.2, -0.15) is 5.26 Å². The first-order chi connectivity index (χ1) is 17.4. The number of anilines is 2. The minimum absolute atomic E-state index is 0.101. The molecule has 2 aromatic carbocycles. The molecule has 0 unspecified atom stereocenters. The molecular formula is C30H35N3O4. The highest BCUT2D eigenvalue weighted by Gasteiger charge is 2.31. The largest absolute Gasteiger partial charge is 0.456 e. The van der Waals surface area contributed by atoms with Crippen LogP contribution in [0.15, 0.2) is 51.7 Å². The summed E-state index contributed by atoms with van der Waals surface area (Å²) >= 11 is 0. The molecule has 7 heteroatoms. The molecule has 1 atom stereocenters. The number of esters is 1. The van der Waals surface area contributed by atoms with Gasteiger partial charge in [-0.3, -0.25) is 4.79 Å². The second-order valence-electron chi connectivity index (χ2n) is 11.3. The lowest BCUT2D eigenvalue weighted by Gasteiger charge is -2.35. The van der Waals surface area contributed by atoms with E-state index in [4.69, 9.17) is 9.15 Å². The second kappa shape index (κ2) is 9.93. The molecule has 0 amide bonds. The highest BCUT2D eigenvalue weighted by Crippen LogP contribution is 2.35. The van der Waals surface area contributed by atoms with Crippen LogP contribution in [0.5, 0.6) is 0 Å². The number of piperidine rings is 1. The number of ether oxygens (including phenoxy) is 1. The molecule has 1 aromatic heterocycles. The minimum atomic E-state index is -0.610. The van der Waals surface area contributed by atoms with Crippen LogP contribution < -0.4 is 15.6 Å². The van der Waals surface area contributed by atoms with Gasteiger partial charge in [-0.05, 0) is 78.1 Å². The average molecular weight is 502 g/mol. The lowest BCUT2D eigenvalue weighted by Crippen LogP contribution is -2.38. The summed E-state index contributed by atoms with van der Waals surface area (Å²) in [5.74, 6) is 0.115. The van der Waals surface area contributed by atoms with Crippen molar-refractivity contribution in [2.75, 3.05) is 23.3 Å². The molecule has 1 fully saturated rings. The van der Waals surface area contributed by atoms with Gasteiger partial charge in [0.05, 0.1) is 28.5 Å². The summed E-state index contributed by atoms with van der Waals surface area (Å²) in [4.78, 5) is 28.1. The standard InChI is InChI=1S/C30H35N3O4/c1-19-15-22(20(2)32-24-10-8-7-9-21(24)28(35)37-29(3,4)5)27-23(16-19)25(34)17-26(36-27)33-13-11-30(6,18-31)12-14-33/h7-10,15-17,20,32H,11-14H2,1-6H3/t20-/m1/s1. The molecule has 3 aromatic rings. The third-order valence-electron chi connectivity index (χ3n) is 6.82. The molecule has 0 saturated carbocycles. The second-order valence-corrected chi connectivity index (χ2v) is 11.3. The summed E-state index contributed by atoms with van der Waals surface area (Å²) in [6, 6.07) is 14.8. The molecule has 2 heterocycles. The van der Waals surface area contributed by atoms with Crippen molar-refractivity contribution in [2.45, 2.75) is 66.0 Å². The molecule has 1 aliphatic heterocycles. The van der Waals surface area contributed by atoms with Crippen LogP contribution in [0.1, 0.15) is 75.0 Å². The average Bonchev–Trinajstić information content (AvgIpc) is 2.83. The summed E-state index contributed by atoms with van der Waals surface area (Å²) < 4.78 is 12.0. The number of nitriles is 1. The first-order valence-corrected chi connectivity index (χ1v) is 12.7. The summed E-state index contributed by atoms with van der Waals surface area (Å²) in [5.41, 5.74) is 2.32. The third kappa shape index (κ3) is 5.80. The van der Waals surface area contributed by atoms with E-state index in [1.54, 1.807) is 18.2 Å². The van der Waals surface area contributed by atoms with E-state index in [1.807, 2.05) is 70.7 Å². The summed E-state index contributed by atoms with van der Waals surface area (Å²) in [5, 5.41) is 13.4. The highest BCUT2D eigenvalue weighted by molar-refractivity contribution is 5.96. The van der Waals surface area contributed by atoms with Gasteiger partial charge < -0.3 is 19.4 Å². The molecule has 4 rings (SSSR count).